The van der Waals surface area contributed by atoms with E-state index in [1.807, 2.05) is 44.2 Å². The highest BCUT2D eigenvalue weighted by Crippen LogP contribution is 2.43. The number of carbonyl (C=O) groups is 3. The molecule has 6 heteroatoms. The third-order valence-electron chi connectivity index (χ3n) is 5.35. The van der Waals surface area contributed by atoms with E-state index in [0.29, 0.717) is 29.8 Å². The van der Waals surface area contributed by atoms with Crippen molar-refractivity contribution in [1.82, 2.24) is 4.90 Å². The lowest BCUT2D eigenvalue weighted by Crippen LogP contribution is -2.63. The average Bonchev–Trinajstić information content (AvgIpc) is 2.94. The van der Waals surface area contributed by atoms with Gasteiger partial charge in [-0.25, -0.2) is 0 Å². The number of para-hydroxylation sites is 1. The molecule has 1 N–H and O–H groups in total. The molecular weight excluding hydrogens is 342 g/mol. The van der Waals surface area contributed by atoms with Crippen molar-refractivity contribution in [3.05, 3.63) is 59.7 Å². The van der Waals surface area contributed by atoms with Crippen LogP contribution in [0.25, 0.3) is 0 Å². The Morgan fingerprint density at radius 1 is 1.15 bits per heavy atom. The molecule has 0 saturated carbocycles. The van der Waals surface area contributed by atoms with Gasteiger partial charge in [-0.05, 0) is 50.1 Å². The van der Waals surface area contributed by atoms with Gasteiger partial charge in [-0.1, -0.05) is 24.3 Å². The van der Waals surface area contributed by atoms with Crippen molar-refractivity contribution in [3.8, 4) is 0 Å². The molecule has 2 aliphatic heterocycles. The summed E-state index contributed by atoms with van der Waals surface area (Å²) < 4.78 is 0. The first-order chi connectivity index (χ1) is 12.9. The summed E-state index contributed by atoms with van der Waals surface area (Å²) in [6.07, 6.45) is 0.859. The minimum atomic E-state index is -0.827. The Kier molecular flexibility index (Phi) is 3.98. The monoisotopic (exact) mass is 363 g/mol. The Balaban J connectivity index is 1.65. The third-order valence-corrected chi connectivity index (χ3v) is 5.35. The van der Waals surface area contributed by atoms with Crippen molar-refractivity contribution >= 4 is 29.1 Å². The van der Waals surface area contributed by atoms with Crippen LogP contribution in [0.5, 0.6) is 0 Å². The lowest BCUT2D eigenvalue weighted by Gasteiger charge is -2.48. The van der Waals surface area contributed by atoms with Gasteiger partial charge >= 0.3 is 0 Å². The average molecular weight is 363 g/mol. The zero-order valence-corrected chi connectivity index (χ0v) is 15.4. The van der Waals surface area contributed by atoms with Crippen LogP contribution in [0.3, 0.4) is 0 Å². The first kappa shape index (κ1) is 17.3. The summed E-state index contributed by atoms with van der Waals surface area (Å²) in [6, 6.07) is 14.6. The van der Waals surface area contributed by atoms with Crippen LogP contribution in [0.15, 0.2) is 48.5 Å². The SMILES string of the molecule is Cc1cccc(NC(=O)CN2C(=O)c3ccccc3N3C(=O)CCC23C)c1. The van der Waals surface area contributed by atoms with Gasteiger partial charge in [0, 0.05) is 12.1 Å². The Morgan fingerprint density at radius 3 is 2.70 bits per heavy atom. The van der Waals surface area contributed by atoms with Gasteiger partial charge in [0.1, 0.15) is 12.2 Å². The molecule has 1 unspecified atom stereocenters. The molecule has 2 aromatic carbocycles. The molecule has 0 aromatic heterocycles. The van der Waals surface area contributed by atoms with Gasteiger partial charge in [0.05, 0.1) is 11.3 Å². The maximum absolute atomic E-state index is 13.1. The van der Waals surface area contributed by atoms with Crippen molar-refractivity contribution in [2.45, 2.75) is 32.4 Å². The molecule has 1 saturated heterocycles. The molecule has 1 atom stereocenters. The number of carbonyl (C=O) groups excluding carboxylic acids is 3. The van der Waals surface area contributed by atoms with E-state index in [2.05, 4.69) is 5.32 Å². The van der Waals surface area contributed by atoms with Crippen LogP contribution >= 0.6 is 0 Å². The van der Waals surface area contributed by atoms with Crippen LogP contribution in [0.2, 0.25) is 0 Å². The highest BCUT2D eigenvalue weighted by molar-refractivity contribution is 6.11. The summed E-state index contributed by atoms with van der Waals surface area (Å²) in [5.41, 5.74) is 1.98. The Bertz CT molecular complexity index is 955. The number of rotatable bonds is 3. The molecule has 0 spiro atoms. The van der Waals surface area contributed by atoms with E-state index in [0.717, 1.165) is 5.56 Å². The Labute approximate surface area is 157 Å². The molecule has 2 aromatic rings. The first-order valence-electron chi connectivity index (χ1n) is 9.01. The van der Waals surface area contributed by atoms with Gasteiger partial charge in [0.25, 0.3) is 5.91 Å². The van der Waals surface area contributed by atoms with Crippen molar-refractivity contribution in [1.29, 1.82) is 0 Å². The van der Waals surface area contributed by atoms with Gasteiger partial charge in [-0.3, -0.25) is 19.3 Å². The normalized spacial score (nSPS) is 21.1. The lowest BCUT2D eigenvalue weighted by atomic mass is 9.98. The lowest BCUT2D eigenvalue weighted by molar-refractivity contribution is -0.120. The van der Waals surface area contributed by atoms with Crippen LogP contribution in [0, 0.1) is 6.92 Å². The van der Waals surface area contributed by atoms with E-state index >= 15 is 0 Å². The van der Waals surface area contributed by atoms with Gasteiger partial charge in [0.2, 0.25) is 11.8 Å². The highest BCUT2D eigenvalue weighted by Gasteiger charge is 2.53. The van der Waals surface area contributed by atoms with Crippen molar-refractivity contribution in [2.24, 2.45) is 0 Å². The fourth-order valence-corrected chi connectivity index (χ4v) is 4.01. The quantitative estimate of drug-likeness (QED) is 0.912. The summed E-state index contributed by atoms with van der Waals surface area (Å²) in [5.74, 6) is -0.533. The molecule has 2 aliphatic rings. The van der Waals surface area contributed by atoms with Gasteiger partial charge < -0.3 is 10.2 Å². The van der Waals surface area contributed by atoms with Crippen molar-refractivity contribution < 1.29 is 14.4 Å². The fourth-order valence-electron chi connectivity index (χ4n) is 4.01. The number of benzene rings is 2. The molecular formula is C21H21N3O3. The Morgan fingerprint density at radius 2 is 1.93 bits per heavy atom. The number of hydrogen-bond donors (Lipinski definition) is 1. The van der Waals surface area contributed by atoms with Crippen LogP contribution in [-0.2, 0) is 9.59 Å². The summed E-state index contributed by atoms with van der Waals surface area (Å²) in [6.45, 7) is 3.69. The van der Waals surface area contributed by atoms with E-state index in [-0.39, 0.29) is 24.3 Å². The summed E-state index contributed by atoms with van der Waals surface area (Å²) in [7, 11) is 0. The smallest absolute Gasteiger partial charge is 0.258 e. The van der Waals surface area contributed by atoms with Gasteiger partial charge in [0.15, 0.2) is 0 Å². The molecule has 3 amide bonds. The number of amides is 3. The van der Waals surface area contributed by atoms with E-state index in [1.165, 1.54) is 4.90 Å². The fraction of sp³-hybridized carbons (Fsp3) is 0.286. The summed E-state index contributed by atoms with van der Waals surface area (Å²) in [4.78, 5) is 41.5. The zero-order chi connectivity index (χ0) is 19.2. The van der Waals surface area contributed by atoms with Crippen molar-refractivity contribution in [3.63, 3.8) is 0 Å². The second kappa shape index (κ2) is 6.23. The first-order valence-corrected chi connectivity index (χ1v) is 9.01. The molecule has 4 rings (SSSR count). The van der Waals surface area contributed by atoms with Crippen LogP contribution in [0.4, 0.5) is 11.4 Å². The number of anilines is 2. The maximum Gasteiger partial charge on any atom is 0.258 e. The number of nitrogens with zero attached hydrogens (tertiary/aromatic N) is 2. The van der Waals surface area contributed by atoms with Crippen molar-refractivity contribution in [2.75, 3.05) is 16.8 Å². The highest BCUT2D eigenvalue weighted by atomic mass is 16.2. The summed E-state index contributed by atoms with van der Waals surface area (Å²) in [5, 5.41) is 2.85. The molecule has 27 heavy (non-hydrogen) atoms. The van der Waals surface area contributed by atoms with E-state index in [4.69, 9.17) is 0 Å². The van der Waals surface area contributed by atoms with Gasteiger partial charge in [-0.15, -0.1) is 0 Å². The number of fused-ring (bicyclic) bond motifs is 3. The summed E-state index contributed by atoms with van der Waals surface area (Å²) >= 11 is 0. The minimum Gasteiger partial charge on any atom is -0.325 e. The van der Waals surface area contributed by atoms with Gasteiger partial charge in [-0.2, -0.15) is 0 Å². The Hall–Kier alpha value is -3.15. The maximum atomic E-state index is 13.1. The topological polar surface area (TPSA) is 69.7 Å². The molecule has 6 nitrogen and oxygen atoms in total. The minimum absolute atomic E-state index is 0.0263. The number of nitrogens with one attached hydrogen (secondary N) is 1. The predicted octanol–water partition coefficient (Wildman–Crippen LogP) is 2.93. The molecule has 0 radical (unpaired) electrons. The number of aryl methyl sites for hydroxylation is 1. The second-order valence-electron chi connectivity index (χ2n) is 7.27. The van der Waals surface area contributed by atoms with E-state index in [9.17, 15) is 14.4 Å². The molecule has 0 aliphatic carbocycles. The number of hydrogen-bond acceptors (Lipinski definition) is 3. The predicted molar refractivity (Wildman–Crippen MR) is 102 cm³/mol. The molecule has 1 fully saturated rings. The zero-order valence-electron chi connectivity index (χ0n) is 15.4. The largest absolute Gasteiger partial charge is 0.325 e. The third kappa shape index (κ3) is 2.77. The molecule has 0 bridgehead atoms. The van der Waals surface area contributed by atoms with Crippen LogP contribution in [-0.4, -0.2) is 34.8 Å². The second-order valence-corrected chi connectivity index (χ2v) is 7.27. The van der Waals surface area contributed by atoms with Crippen LogP contribution < -0.4 is 10.2 Å². The van der Waals surface area contributed by atoms with E-state index in [1.54, 1.807) is 23.1 Å². The standard InChI is InChI=1S/C21H21N3O3/c1-14-6-5-7-15(12-14)22-18(25)13-23-20(27)16-8-3-4-9-17(16)24-19(26)10-11-21(23,24)2/h3-9,12H,10-11,13H2,1-2H3,(H,22,25). The van der Waals surface area contributed by atoms with E-state index < -0.39 is 5.66 Å². The molecule has 2 heterocycles. The molecule has 138 valence electrons. The van der Waals surface area contributed by atoms with Crippen LogP contribution in [0.1, 0.15) is 35.7 Å².